The van der Waals surface area contributed by atoms with Gasteiger partial charge in [0, 0.05) is 38.0 Å². The lowest BCUT2D eigenvalue weighted by atomic mass is 10.1. The number of carboxylic acid groups (broad SMARTS) is 1. The summed E-state index contributed by atoms with van der Waals surface area (Å²) in [6, 6.07) is 7.62. The lowest BCUT2D eigenvalue weighted by Gasteiger charge is -2.16. The molecule has 124 valence electrons. The molecule has 2 N–H and O–H groups in total. The predicted molar refractivity (Wildman–Crippen MR) is 86.0 cm³/mol. The standard InChI is InChI=1S/C17H22N2O4/c20-15(4-1-2-6-17(22)23)18-12-13-7-9-14(10-8-13)19-11-3-5-16(19)21/h7-10H,1-6,11-12H2,(H,18,20)(H,22,23). The first-order chi connectivity index (χ1) is 11.1. The second-order valence-electron chi connectivity index (χ2n) is 5.69. The van der Waals surface area contributed by atoms with Gasteiger partial charge in [0.15, 0.2) is 0 Å². The Morgan fingerprint density at radius 1 is 1.13 bits per heavy atom. The summed E-state index contributed by atoms with van der Waals surface area (Å²) in [6.07, 6.45) is 3.05. The molecule has 0 saturated carbocycles. The van der Waals surface area contributed by atoms with Crippen LogP contribution in [0.15, 0.2) is 24.3 Å². The normalized spacial score (nSPS) is 14.1. The average molecular weight is 318 g/mol. The number of carbonyl (C=O) groups is 3. The fourth-order valence-electron chi connectivity index (χ4n) is 2.57. The fraction of sp³-hybridized carbons (Fsp3) is 0.471. The van der Waals surface area contributed by atoms with E-state index in [1.54, 1.807) is 4.90 Å². The molecular weight excluding hydrogens is 296 g/mol. The van der Waals surface area contributed by atoms with Crippen molar-refractivity contribution in [2.75, 3.05) is 11.4 Å². The first-order valence-corrected chi connectivity index (χ1v) is 7.94. The van der Waals surface area contributed by atoms with Gasteiger partial charge in [-0.2, -0.15) is 0 Å². The van der Waals surface area contributed by atoms with E-state index in [9.17, 15) is 14.4 Å². The second kappa shape index (κ2) is 8.31. The number of benzene rings is 1. The van der Waals surface area contributed by atoms with Crippen molar-refractivity contribution in [1.29, 1.82) is 0 Å². The number of unbranched alkanes of at least 4 members (excludes halogenated alkanes) is 1. The summed E-state index contributed by atoms with van der Waals surface area (Å²) in [4.78, 5) is 35.5. The van der Waals surface area contributed by atoms with Gasteiger partial charge in [-0.3, -0.25) is 14.4 Å². The minimum Gasteiger partial charge on any atom is -0.481 e. The quantitative estimate of drug-likeness (QED) is 0.718. The van der Waals surface area contributed by atoms with Gasteiger partial charge < -0.3 is 15.3 Å². The van der Waals surface area contributed by atoms with Crippen molar-refractivity contribution in [3.63, 3.8) is 0 Å². The third-order valence-electron chi connectivity index (χ3n) is 3.86. The number of hydrogen-bond acceptors (Lipinski definition) is 3. The van der Waals surface area contributed by atoms with Crippen LogP contribution in [0.5, 0.6) is 0 Å². The van der Waals surface area contributed by atoms with E-state index >= 15 is 0 Å². The molecule has 0 spiro atoms. The Hall–Kier alpha value is -2.37. The number of carbonyl (C=O) groups excluding carboxylic acids is 2. The summed E-state index contributed by atoms with van der Waals surface area (Å²) >= 11 is 0. The van der Waals surface area contributed by atoms with Gasteiger partial charge in [-0.15, -0.1) is 0 Å². The summed E-state index contributed by atoms with van der Waals surface area (Å²) < 4.78 is 0. The molecule has 6 nitrogen and oxygen atoms in total. The third-order valence-corrected chi connectivity index (χ3v) is 3.86. The lowest BCUT2D eigenvalue weighted by Crippen LogP contribution is -2.24. The molecule has 0 bridgehead atoms. The highest BCUT2D eigenvalue weighted by molar-refractivity contribution is 5.95. The highest BCUT2D eigenvalue weighted by Gasteiger charge is 2.21. The van der Waals surface area contributed by atoms with E-state index in [-0.39, 0.29) is 18.2 Å². The third kappa shape index (κ3) is 5.39. The highest BCUT2D eigenvalue weighted by atomic mass is 16.4. The maximum absolute atomic E-state index is 11.7. The first kappa shape index (κ1) is 17.0. The van der Waals surface area contributed by atoms with Gasteiger partial charge in [0.2, 0.25) is 11.8 Å². The molecule has 1 saturated heterocycles. The van der Waals surface area contributed by atoms with Crippen LogP contribution in [0.4, 0.5) is 5.69 Å². The van der Waals surface area contributed by atoms with Crippen molar-refractivity contribution >= 4 is 23.5 Å². The average Bonchev–Trinajstić information content (AvgIpc) is 2.96. The largest absolute Gasteiger partial charge is 0.481 e. The first-order valence-electron chi connectivity index (χ1n) is 7.94. The Bertz CT molecular complexity index is 568. The molecule has 1 fully saturated rings. The van der Waals surface area contributed by atoms with E-state index in [2.05, 4.69) is 5.32 Å². The van der Waals surface area contributed by atoms with Crippen LogP contribution in [0.2, 0.25) is 0 Å². The predicted octanol–water partition coefficient (Wildman–Crippen LogP) is 2.07. The number of carboxylic acids is 1. The van der Waals surface area contributed by atoms with Gasteiger partial charge in [0.25, 0.3) is 0 Å². The Morgan fingerprint density at radius 3 is 2.43 bits per heavy atom. The van der Waals surface area contributed by atoms with E-state index in [0.717, 1.165) is 24.2 Å². The van der Waals surface area contributed by atoms with Crippen LogP contribution in [-0.4, -0.2) is 29.4 Å². The fourth-order valence-corrected chi connectivity index (χ4v) is 2.57. The molecular formula is C17H22N2O4. The van der Waals surface area contributed by atoms with Gasteiger partial charge >= 0.3 is 5.97 Å². The number of rotatable bonds is 8. The van der Waals surface area contributed by atoms with E-state index in [0.29, 0.717) is 32.2 Å². The van der Waals surface area contributed by atoms with Gasteiger partial charge in [0.05, 0.1) is 0 Å². The van der Waals surface area contributed by atoms with Gasteiger partial charge in [-0.1, -0.05) is 12.1 Å². The molecule has 1 aromatic carbocycles. The molecule has 1 aromatic rings. The minimum absolute atomic E-state index is 0.0748. The van der Waals surface area contributed by atoms with Crippen molar-refractivity contribution in [3.05, 3.63) is 29.8 Å². The van der Waals surface area contributed by atoms with Gasteiger partial charge in [0.1, 0.15) is 0 Å². The van der Waals surface area contributed by atoms with Crippen molar-refractivity contribution < 1.29 is 19.5 Å². The van der Waals surface area contributed by atoms with E-state index in [1.807, 2.05) is 24.3 Å². The summed E-state index contributed by atoms with van der Waals surface area (Å²) in [5.41, 5.74) is 1.87. The SMILES string of the molecule is O=C(O)CCCCC(=O)NCc1ccc(N2CCCC2=O)cc1. The van der Waals surface area contributed by atoms with Crippen LogP contribution >= 0.6 is 0 Å². The molecule has 0 aromatic heterocycles. The minimum atomic E-state index is -0.831. The number of amides is 2. The number of nitrogens with one attached hydrogen (secondary N) is 1. The van der Waals surface area contributed by atoms with Crippen molar-refractivity contribution in [3.8, 4) is 0 Å². The molecule has 0 atom stereocenters. The molecule has 0 unspecified atom stereocenters. The summed E-state index contributed by atoms with van der Waals surface area (Å²) in [6.45, 7) is 1.21. The number of nitrogens with zero attached hydrogens (tertiary/aromatic N) is 1. The molecule has 1 aliphatic rings. The number of aliphatic carboxylic acids is 1. The zero-order valence-corrected chi connectivity index (χ0v) is 13.1. The molecule has 1 aliphatic heterocycles. The maximum atomic E-state index is 11.7. The molecule has 23 heavy (non-hydrogen) atoms. The lowest BCUT2D eigenvalue weighted by molar-refractivity contribution is -0.137. The van der Waals surface area contributed by atoms with Crippen molar-refractivity contribution in [2.24, 2.45) is 0 Å². The number of anilines is 1. The molecule has 2 amide bonds. The summed E-state index contributed by atoms with van der Waals surface area (Å²) in [5.74, 6) is -0.747. The van der Waals surface area contributed by atoms with Crippen molar-refractivity contribution in [1.82, 2.24) is 5.32 Å². The maximum Gasteiger partial charge on any atom is 0.303 e. The molecule has 2 rings (SSSR count). The topological polar surface area (TPSA) is 86.7 Å². The second-order valence-corrected chi connectivity index (χ2v) is 5.69. The Labute approximate surface area is 135 Å². The zero-order valence-electron chi connectivity index (χ0n) is 13.1. The zero-order chi connectivity index (χ0) is 16.7. The van der Waals surface area contributed by atoms with E-state index in [1.165, 1.54) is 0 Å². The number of hydrogen-bond donors (Lipinski definition) is 2. The monoisotopic (exact) mass is 318 g/mol. The van der Waals surface area contributed by atoms with Crippen LogP contribution in [-0.2, 0) is 20.9 Å². The molecule has 6 heteroatoms. The van der Waals surface area contributed by atoms with E-state index < -0.39 is 5.97 Å². The summed E-state index contributed by atoms with van der Waals surface area (Å²) in [7, 11) is 0. The van der Waals surface area contributed by atoms with Crippen LogP contribution in [0, 0.1) is 0 Å². The van der Waals surface area contributed by atoms with Crippen LogP contribution < -0.4 is 10.2 Å². The van der Waals surface area contributed by atoms with E-state index in [4.69, 9.17) is 5.11 Å². The van der Waals surface area contributed by atoms with Gasteiger partial charge in [-0.25, -0.2) is 0 Å². The van der Waals surface area contributed by atoms with Crippen LogP contribution in [0.25, 0.3) is 0 Å². The van der Waals surface area contributed by atoms with Crippen LogP contribution in [0.3, 0.4) is 0 Å². The Balaban J connectivity index is 1.72. The van der Waals surface area contributed by atoms with Gasteiger partial charge in [-0.05, 0) is 37.0 Å². The Kier molecular flexibility index (Phi) is 6.14. The molecule has 0 aliphatic carbocycles. The summed E-state index contributed by atoms with van der Waals surface area (Å²) in [5, 5.41) is 11.3. The smallest absolute Gasteiger partial charge is 0.303 e. The Morgan fingerprint density at radius 2 is 1.83 bits per heavy atom. The van der Waals surface area contributed by atoms with Crippen LogP contribution in [0.1, 0.15) is 44.1 Å². The van der Waals surface area contributed by atoms with Crippen molar-refractivity contribution in [2.45, 2.75) is 45.1 Å². The molecule has 1 heterocycles. The highest BCUT2D eigenvalue weighted by Crippen LogP contribution is 2.21. The molecule has 0 radical (unpaired) electrons.